The van der Waals surface area contributed by atoms with Gasteiger partial charge in [-0.25, -0.2) is 13.2 Å². The predicted octanol–water partition coefficient (Wildman–Crippen LogP) is 1.45. The van der Waals surface area contributed by atoms with Crippen molar-refractivity contribution in [1.82, 2.24) is 0 Å². The van der Waals surface area contributed by atoms with Gasteiger partial charge in [0, 0.05) is 6.04 Å². The second-order valence-corrected chi connectivity index (χ2v) is 2.98. The summed E-state index contributed by atoms with van der Waals surface area (Å²) in [4.78, 5) is 0. The van der Waals surface area contributed by atoms with Crippen molar-refractivity contribution in [2.75, 3.05) is 6.54 Å². The first-order valence-electron chi connectivity index (χ1n) is 4.16. The highest BCUT2D eigenvalue weighted by molar-refractivity contribution is 5.22. The van der Waals surface area contributed by atoms with Gasteiger partial charge in [0.1, 0.15) is 0 Å². The second kappa shape index (κ2) is 4.43. The minimum atomic E-state index is -1.48. The molecule has 0 spiro atoms. The van der Waals surface area contributed by atoms with Crippen LogP contribution in [0, 0.1) is 17.5 Å². The van der Waals surface area contributed by atoms with Crippen molar-refractivity contribution in [3.63, 3.8) is 0 Å². The first-order chi connectivity index (χ1) is 6.56. The van der Waals surface area contributed by atoms with Crippen LogP contribution in [0.4, 0.5) is 13.2 Å². The van der Waals surface area contributed by atoms with E-state index in [1.165, 1.54) is 0 Å². The van der Waals surface area contributed by atoms with Gasteiger partial charge in [0.15, 0.2) is 17.5 Å². The number of hydrogen-bond donors (Lipinski definition) is 2. The fourth-order valence-electron chi connectivity index (χ4n) is 1.14. The molecule has 0 aliphatic heterocycles. The molecule has 78 valence electrons. The Hall–Kier alpha value is -1.07. The highest BCUT2D eigenvalue weighted by atomic mass is 19.2. The predicted molar refractivity (Wildman–Crippen MR) is 46.9 cm³/mol. The topological polar surface area (TPSA) is 52.0 Å². The van der Waals surface area contributed by atoms with Crippen LogP contribution in [0.1, 0.15) is 18.0 Å². The Balaban J connectivity index is 3.00. The van der Waals surface area contributed by atoms with Crippen LogP contribution in [0.2, 0.25) is 0 Å². The SMILES string of the molecule is NCCC(N)c1cc(F)c(F)c(F)c1. The molecule has 14 heavy (non-hydrogen) atoms. The van der Waals surface area contributed by atoms with Crippen LogP contribution >= 0.6 is 0 Å². The maximum Gasteiger partial charge on any atom is 0.194 e. The summed E-state index contributed by atoms with van der Waals surface area (Å²) in [5, 5.41) is 0. The number of benzene rings is 1. The standard InChI is InChI=1S/C9H11F3N2/c10-6-3-5(8(14)1-2-13)4-7(11)9(6)12/h3-4,8H,1-2,13-14H2. The Kier molecular flexibility index (Phi) is 3.49. The minimum Gasteiger partial charge on any atom is -0.330 e. The van der Waals surface area contributed by atoms with Crippen molar-refractivity contribution in [3.05, 3.63) is 35.1 Å². The van der Waals surface area contributed by atoms with Gasteiger partial charge in [-0.3, -0.25) is 0 Å². The number of nitrogens with two attached hydrogens (primary N) is 2. The summed E-state index contributed by atoms with van der Waals surface area (Å²) < 4.78 is 38.0. The Labute approximate surface area is 79.7 Å². The zero-order valence-electron chi connectivity index (χ0n) is 7.43. The lowest BCUT2D eigenvalue weighted by Gasteiger charge is -2.10. The lowest BCUT2D eigenvalue weighted by atomic mass is 10.0. The van der Waals surface area contributed by atoms with Crippen LogP contribution in [0.3, 0.4) is 0 Å². The highest BCUT2D eigenvalue weighted by Crippen LogP contribution is 2.19. The normalized spacial score (nSPS) is 12.9. The lowest BCUT2D eigenvalue weighted by Crippen LogP contribution is -2.16. The molecule has 0 saturated heterocycles. The van der Waals surface area contributed by atoms with E-state index in [2.05, 4.69) is 0 Å². The van der Waals surface area contributed by atoms with Crippen LogP contribution in [0.25, 0.3) is 0 Å². The quantitative estimate of drug-likeness (QED) is 0.732. The van der Waals surface area contributed by atoms with Crippen molar-refractivity contribution in [2.24, 2.45) is 11.5 Å². The molecule has 0 radical (unpaired) electrons. The van der Waals surface area contributed by atoms with E-state index >= 15 is 0 Å². The monoisotopic (exact) mass is 204 g/mol. The number of halogens is 3. The van der Waals surface area contributed by atoms with E-state index in [0.29, 0.717) is 13.0 Å². The molecule has 1 atom stereocenters. The molecule has 1 unspecified atom stereocenters. The molecular formula is C9H11F3N2. The first-order valence-corrected chi connectivity index (χ1v) is 4.16. The molecule has 0 fully saturated rings. The van der Waals surface area contributed by atoms with E-state index in [1.807, 2.05) is 0 Å². The van der Waals surface area contributed by atoms with Gasteiger partial charge < -0.3 is 11.5 Å². The van der Waals surface area contributed by atoms with Crippen LogP contribution in [-0.4, -0.2) is 6.54 Å². The largest absolute Gasteiger partial charge is 0.330 e. The van der Waals surface area contributed by atoms with Gasteiger partial charge in [0.25, 0.3) is 0 Å². The Morgan fingerprint density at radius 1 is 1.14 bits per heavy atom. The molecule has 2 nitrogen and oxygen atoms in total. The molecule has 4 N–H and O–H groups in total. The van der Waals surface area contributed by atoms with Crippen LogP contribution in [0.5, 0.6) is 0 Å². The number of rotatable bonds is 3. The average Bonchev–Trinajstić information content (AvgIpc) is 2.13. The minimum absolute atomic E-state index is 0.215. The fourth-order valence-corrected chi connectivity index (χ4v) is 1.14. The molecule has 5 heteroatoms. The molecule has 1 aromatic carbocycles. The Morgan fingerprint density at radius 3 is 2.07 bits per heavy atom. The molecule has 0 heterocycles. The third-order valence-electron chi connectivity index (χ3n) is 1.91. The van der Waals surface area contributed by atoms with Gasteiger partial charge in [-0.1, -0.05) is 0 Å². The summed E-state index contributed by atoms with van der Waals surface area (Å²) >= 11 is 0. The van der Waals surface area contributed by atoms with E-state index in [4.69, 9.17) is 11.5 Å². The average molecular weight is 204 g/mol. The maximum absolute atomic E-state index is 12.7. The zero-order chi connectivity index (χ0) is 10.7. The van der Waals surface area contributed by atoms with Gasteiger partial charge in [-0.2, -0.15) is 0 Å². The van der Waals surface area contributed by atoms with E-state index in [-0.39, 0.29) is 5.56 Å². The highest BCUT2D eigenvalue weighted by Gasteiger charge is 2.13. The van der Waals surface area contributed by atoms with Gasteiger partial charge in [-0.05, 0) is 30.7 Å². The molecule has 1 rings (SSSR count). The van der Waals surface area contributed by atoms with E-state index in [0.717, 1.165) is 12.1 Å². The summed E-state index contributed by atoms with van der Waals surface area (Å²) in [6.45, 7) is 0.307. The van der Waals surface area contributed by atoms with Gasteiger partial charge >= 0.3 is 0 Å². The summed E-state index contributed by atoms with van der Waals surface area (Å²) in [7, 11) is 0. The molecule has 0 aliphatic rings. The first kappa shape index (κ1) is 11.0. The molecule has 0 amide bonds. The van der Waals surface area contributed by atoms with Gasteiger partial charge in [0.2, 0.25) is 0 Å². The summed E-state index contributed by atoms with van der Waals surface area (Å²) in [5.74, 6) is -3.94. The smallest absolute Gasteiger partial charge is 0.194 e. The Morgan fingerprint density at radius 2 is 1.64 bits per heavy atom. The summed E-state index contributed by atoms with van der Waals surface area (Å²) in [6, 6.07) is 1.21. The molecule has 0 aliphatic carbocycles. The summed E-state index contributed by atoms with van der Waals surface area (Å²) in [6.07, 6.45) is 0.393. The summed E-state index contributed by atoms with van der Waals surface area (Å²) in [5.41, 5.74) is 11.0. The maximum atomic E-state index is 12.7. The van der Waals surface area contributed by atoms with Crippen LogP contribution in [-0.2, 0) is 0 Å². The van der Waals surface area contributed by atoms with E-state index in [9.17, 15) is 13.2 Å². The second-order valence-electron chi connectivity index (χ2n) is 2.98. The Bertz CT molecular complexity index is 305. The molecule has 1 aromatic rings. The van der Waals surface area contributed by atoms with E-state index < -0.39 is 23.5 Å². The van der Waals surface area contributed by atoms with Gasteiger partial charge in [-0.15, -0.1) is 0 Å². The third kappa shape index (κ3) is 2.24. The lowest BCUT2D eigenvalue weighted by molar-refractivity contribution is 0.443. The molecule has 0 bridgehead atoms. The van der Waals surface area contributed by atoms with Crippen LogP contribution in [0.15, 0.2) is 12.1 Å². The fraction of sp³-hybridized carbons (Fsp3) is 0.333. The van der Waals surface area contributed by atoms with Crippen molar-refractivity contribution in [3.8, 4) is 0 Å². The van der Waals surface area contributed by atoms with Crippen molar-refractivity contribution in [2.45, 2.75) is 12.5 Å². The third-order valence-corrected chi connectivity index (χ3v) is 1.91. The number of hydrogen-bond acceptors (Lipinski definition) is 2. The molecule has 0 aromatic heterocycles. The zero-order valence-corrected chi connectivity index (χ0v) is 7.43. The van der Waals surface area contributed by atoms with Gasteiger partial charge in [0.05, 0.1) is 0 Å². The van der Waals surface area contributed by atoms with E-state index in [1.54, 1.807) is 0 Å². The van der Waals surface area contributed by atoms with Crippen molar-refractivity contribution >= 4 is 0 Å². The van der Waals surface area contributed by atoms with Crippen molar-refractivity contribution in [1.29, 1.82) is 0 Å². The van der Waals surface area contributed by atoms with Crippen LogP contribution < -0.4 is 11.5 Å². The molecular weight excluding hydrogens is 193 g/mol. The van der Waals surface area contributed by atoms with Crippen molar-refractivity contribution < 1.29 is 13.2 Å². The molecule has 0 saturated carbocycles.